The SMILES string of the molecule is CCCC(C)Oc1cc(C)nc(C)c1C(=O)O. The first kappa shape index (κ1) is 13.5. The molecule has 0 spiro atoms. The largest absolute Gasteiger partial charge is 0.490 e. The first-order valence-electron chi connectivity index (χ1n) is 5.83. The van der Waals surface area contributed by atoms with Crippen LogP contribution in [0.4, 0.5) is 0 Å². The lowest BCUT2D eigenvalue weighted by Crippen LogP contribution is -2.15. The van der Waals surface area contributed by atoms with Crippen molar-refractivity contribution in [2.45, 2.75) is 46.6 Å². The van der Waals surface area contributed by atoms with E-state index >= 15 is 0 Å². The molecule has 94 valence electrons. The Morgan fingerprint density at radius 2 is 2.18 bits per heavy atom. The molecule has 1 unspecified atom stereocenters. The van der Waals surface area contributed by atoms with Crippen LogP contribution in [0.25, 0.3) is 0 Å². The highest BCUT2D eigenvalue weighted by Crippen LogP contribution is 2.24. The van der Waals surface area contributed by atoms with Crippen molar-refractivity contribution in [1.29, 1.82) is 0 Å². The molecule has 0 aromatic carbocycles. The number of aromatic nitrogens is 1. The Hall–Kier alpha value is -1.58. The van der Waals surface area contributed by atoms with Crippen molar-refractivity contribution in [3.05, 3.63) is 23.0 Å². The standard InChI is InChI=1S/C13H19NO3/c1-5-6-9(3)17-11-7-8(2)14-10(4)12(11)13(15)16/h7,9H,5-6H2,1-4H3,(H,15,16). The van der Waals surface area contributed by atoms with Crippen LogP contribution in [0.5, 0.6) is 5.75 Å². The zero-order chi connectivity index (χ0) is 13.0. The van der Waals surface area contributed by atoms with Crippen LogP contribution < -0.4 is 4.74 Å². The second-order valence-electron chi connectivity index (χ2n) is 4.24. The smallest absolute Gasteiger partial charge is 0.341 e. The molecule has 1 aromatic rings. The van der Waals surface area contributed by atoms with Crippen LogP contribution in [-0.2, 0) is 0 Å². The molecule has 17 heavy (non-hydrogen) atoms. The lowest BCUT2D eigenvalue weighted by atomic mass is 10.1. The Bertz CT molecular complexity index is 415. The molecule has 0 saturated heterocycles. The summed E-state index contributed by atoms with van der Waals surface area (Å²) in [7, 11) is 0. The lowest BCUT2D eigenvalue weighted by Gasteiger charge is -2.17. The average molecular weight is 237 g/mol. The zero-order valence-electron chi connectivity index (χ0n) is 10.8. The predicted octanol–water partition coefficient (Wildman–Crippen LogP) is 2.96. The minimum absolute atomic E-state index is 0.0132. The van der Waals surface area contributed by atoms with E-state index in [0.29, 0.717) is 11.4 Å². The second-order valence-corrected chi connectivity index (χ2v) is 4.24. The van der Waals surface area contributed by atoms with Crippen molar-refractivity contribution in [2.75, 3.05) is 0 Å². The van der Waals surface area contributed by atoms with E-state index in [1.807, 2.05) is 13.8 Å². The second kappa shape index (κ2) is 5.66. The van der Waals surface area contributed by atoms with E-state index in [2.05, 4.69) is 11.9 Å². The van der Waals surface area contributed by atoms with Gasteiger partial charge in [-0.3, -0.25) is 4.98 Å². The van der Waals surface area contributed by atoms with Gasteiger partial charge in [-0.2, -0.15) is 0 Å². The monoisotopic (exact) mass is 237 g/mol. The van der Waals surface area contributed by atoms with Crippen molar-refractivity contribution in [1.82, 2.24) is 4.98 Å². The maximum Gasteiger partial charge on any atom is 0.341 e. The van der Waals surface area contributed by atoms with Gasteiger partial charge in [0.2, 0.25) is 0 Å². The van der Waals surface area contributed by atoms with Crippen molar-refractivity contribution < 1.29 is 14.6 Å². The number of nitrogens with zero attached hydrogens (tertiary/aromatic N) is 1. The Morgan fingerprint density at radius 3 is 2.71 bits per heavy atom. The van der Waals surface area contributed by atoms with Gasteiger partial charge in [0.15, 0.2) is 0 Å². The predicted molar refractivity (Wildman–Crippen MR) is 65.7 cm³/mol. The molecule has 1 N–H and O–H groups in total. The van der Waals surface area contributed by atoms with Gasteiger partial charge in [-0.25, -0.2) is 4.79 Å². The van der Waals surface area contributed by atoms with Gasteiger partial charge in [-0.15, -0.1) is 0 Å². The summed E-state index contributed by atoms with van der Waals surface area (Å²) in [5.74, 6) is -0.572. The summed E-state index contributed by atoms with van der Waals surface area (Å²) in [5.41, 5.74) is 1.43. The van der Waals surface area contributed by atoms with E-state index < -0.39 is 5.97 Å². The summed E-state index contributed by atoms with van der Waals surface area (Å²) >= 11 is 0. The topological polar surface area (TPSA) is 59.4 Å². The van der Waals surface area contributed by atoms with Crippen LogP contribution in [0.15, 0.2) is 6.07 Å². The van der Waals surface area contributed by atoms with Gasteiger partial charge in [-0.1, -0.05) is 13.3 Å². The minimum Gasteiger partial charge on any atom is -0.490 e. The van der Waals surface area contributed by atoms with Crippen LogP contribution in [0.2, 0.25) is 0 Å². The highest BCUT2D eigenvalue weighted by atomic mass is 16.5. The first-order valence-corrected chi connectivity index (χ1v) is 5.83. The lowest BCUT2D eigenvalue weighted by molar-refractivity contribution is 0.0688. The van der Waals surface area contributed by atoms with Crippen LogP contribution in [-0.4, -0.2) is 22.2 Å². The number of aromatic carboxylic acids is 1. The number of aryl methyl sites for hydroxylation is 2. The van der Waals surface area contributed by atoms with Gasteiger partial charge in [0.1, 0.15) is 11.3 Å². The van der Waals surface area contributed by atoms with E-state index in [-0.39, 0.29) is 11.7 Å². The van der Waals surface area contributed by atoms with E-state index in [1.165, 1.54) is 0 Å². The van der Waals surface area contributed by atoms with Crippen LogP contribution in [0, 0.1) is 13.8 Å². The number of carboxylic acids is 1. The third kappa shape index (κ3) is 3.44. The Morgan fingerprint density at radius 1 is 1.53 bits per heavy atom. The number of hydrogen-bond acceptors (Lipinski definition) is 3. The minimum atomic E-state index is -0.992. The van der Waals surface area contributed by atoms with E-state index in [9.17, 15) is 4.79 Å². The Balaban J connectivity index is 3.08. The van der Waals surface area contributed by atoms with Gasteiger partial charge in [-0.05, 0) is 27.2 Å². The third-order valence-corrected chi connectivity index (χ3v) is 2.53. The van der Waals surface area contributed by atoms with Gasteiger partial charge in [0, 0.05) is 11.8 Å². The van der Waals surface area contributed by atoms with Crippen molar-refractivity contribution >= 4 is 5.97 Å². The molecule has 0 fully saturated rings. The number of carboxylic acid groups (broad SMARTS) is 1. The maximum atomic E-state index is 11.2. The quantitative estimate of drug-likeness (QED) is 0.855. The molecule has 0 radical (unpaired) electrons. The highest BCUT2D eigenvalue weighted by Gasteiger charge is 2.18. The Kier molecular flexibility index (Phi) is 4.49. The molecule has 0 aliphatic rings. The normalized spacial score (nSPS) is 12.2. The van der Waals surface area contributed by atoms with Crippen molar-refractivity contribution in [3.8, 4) is 5.75 Å². The van der Waals surface area contributed by atoms with Gasteiger partial charge < -0.3 is 9.84 Å². The molecule has 0 bridgehead atoms. The molecular formula is C13H19NO3. The molecule has 4 nitrogen and oxygen atoms in total. The highest BCUT2D eigenvalue weighted by molar-refractivity contribution is 5.92. The number of carbonyl (C=O) groups is 1. The molecular weight excluding hydrogens is 218 g/mol. The Labute approximate surface area is 102 Å². The van der Waals surface area contributed by atoms with Crippen LogP contribution in [0.1, 0.15) is 48.4 Å². The van der Waals surface area contributed by atoms with Crippen molar-refractivity contribution in [3.63, 3.8) is 0 Å². The van der Waals surface area contributed by atoms with E-state index in [0.717, 1.165) is 18.5 Å². The molecule has 1 heterocycles. The summed E-state index contributed by atoms with van der Waals surface area (Å²) in [6, 6.07) is 1.68. The summed E-state index contributed by atoms with van der Waals surface area (Å²) in [6.07, 6.45) is 1.92. The van der Waals surface area contributed by atoms with E-state index in [4.69, 9.17) is 9.84 Å². The number of pyridine rings is 1. The molecule has 0 aliphatic carbocycles. The molecule has 0 saturated carbocycles. The average Bonchev–Trinajstić information content (AvgIpc) is 2.15. The fraction of sp³-hybridized carbons (Fsp3) is 0.538. The van der Waals surface area contributed by atoms with Gasteiger partial charge >= 0.3 is 5.97 Å². The fourth-order valence-electron chi connectivity index (χ4n) is 1.83. The summed E-state index contributed by atoms with van der Waals surface area (Å²) < 4.78 is 5.69. The maximum absolute atomic E-state index is 11.2. The van der Waals surface area contributed by atoms with Crippen LogP contribution >= 0.6 is 0 Å². The number of rotatable bonds is 5. The summed E-state index contributed by atoms with van der Waals surface area (Å²) in [5, 5.41) is 9.16. The molecule has 0 amide bonds. The third-order valence-electron chi connectivity index (χ3n) is 2.53. The van der Waals surface area contributed by atoms with E-state index in [1.54, 1.807) is 13.0 Å². The number of hydrogen-bond donors (Lipinski definition) is 1. The summed E-state index contributed by atoms with van der Waals surface area (Å²) in [4.78, 5) is 15.3. The number of ether oxygens (including phenoxy) is 1. The fourth-order valence-corrected chi connectivity index (χ4v) is 1.83. The van der Waals surface area contributed by atoms with Crippen molar-refractivity contribution in [2.24, 2.45) is 0 Å². The molecule has 1 aromatic heterocycles. The van der Waals surface area contributed by atoms with Gasteiger partial charge in [0.05, 0.1) is 11.8 Å². The van der Waals surface area contributed by atoms with Crippen LogP contribution in [0.3, 0.4) is 0 Å². The molecule has 0 aliphatic heterocycles. The first-order chi connectivity index (χ1) is 7.95. The molecule has 4 heteroatoms. The zero-order valence-corrected chi connectivity index (χ0v) is 10.8. The molecule has 1 rings (SSSR count). The molecule has 1 atom stereocenters. The summed E-state index contributed by atoms with van der Waals surface area (Å²) in [6.45, 7) is 7.53. The van der Waals surface area contributed by atoms with Gasteiger partial charge in [0.25, 0.3) is 0 Å².